The minimum atomic E-state index is -0.905. The lowest BCUT2D eigenvalue weighted by Gasteiger charge is -2.34. The van der Waals surface area contributed by atoms with Gasteiger partial charge in [-0.25, -0.2) is 9.83 Å². The molecule has 6 nitrogen and oxygen atoms in total. The molecule has 0 fully saturated rings. The van der Waals surface area contributed by atoms with Crippen LogP contribution in [0.4, 0.5) is 17.1 Å². The van der Waals surface area contributed by atoms with Crippen molar-refractivity contribution in [3.05, 3.63) is 110 Å². The summed E-state index contributed by atoms with van der Waals surface area (Å²) in [5.74, 6) is 0. The molecule has 0 saturated heterocycles. The number of nitrogens with zero attached hydrogens (tertiary/aromatic N) is 4. The van der Waals surface area contributed by atoms with Crippen LogP contribution in [-0.4, -0.2) is 9.97 Å². The SMILES string of the molecule is [C-]#[N+]c1ccc2c(c1)C(c1cc(C)c(N)c(C)c1)(c1cc(C)c(N)c(C)c1)c1nc(C#N)cnc1-2. The van der Waals surface area contributed by atoms with Gasteiger partial charge < -0.3 is 11.5 Å². The third-order valence-corrected chi connectivity index (χ3v) is 7.09. The Morgan fingerprint density at radius 2 is 1.43 bits per heavy atom. The fourth-order valence-electron chi connectivity index (χ4n) is 5.28. The first-order chi connectivity index (χ1) is 16.7. The van der Waals surface area contributed by atoms with Crippen LogP contribution in [0, 0.1) is 45.6 Å². The van der Waals surface area contributed by atoms with Gasteiger partial charge in [-0.05, 0) is 66.6 Å². The number of nitrogen functional groups attached to an aromatic ring is 2. The maximum absolute atomic E-state index is 9.70. The van der Waals surface area contributed by atoms with Crippen molar-refractivity contribution < 1.29 is 0 Å². The summed E-state index contributed by atoms with van der Waals surface area (Å²) in [5, 5.41) is 9.70. The number of hydrogen-bond donors (Lipinski definition) is 2. The second-order valence-electron chi connectivity index (χ2n) is 9.20. The van der Waals surface area contributed by atoms with Gasteiger partial charge in [0, 0.05) is 16.9 Å². The molecule has 0 atom stereocenters. The third-order valence-electron chi connectivity index (χ3n) is 7.09. The average Bonchev–Trinajstić information content (AvgIpc) is 3.14. The van der Waals surface area contributed by atoms with Gasteiger partial charge in [0.15, 0.2) is 11.4 Å². The molecule has 170 valence electrons. The van der Waals surface area contributed by atoms with Crippen LogP contribution in [0.1, 0.15) is 50.3 Å². The average molecular weight is 457 g/mol. The van der Waals surface area contributed by atoms with Crippen molar-refractivity contribution in [2.75, 3.05) is 11.5 Å². The van der Waals surface area contributed by atoms with Crippen molar-refractivity contribution in [1.29, 1.82) is 5.26 Å². The molecule has 1 aliphatic rings. The molecule has 0 unspecified atom stereocenters. The first-order valence-electron chi connectivity index (χ1n) is 11.3. The Kier molecular flexibility index (Phi) is 4.86. The monoisotopic (exact) mass is 456 g/mol. The summed E-state index contributed by atoms with van der Waals surface area (Å²) < 4.78 is 0. The van der Waals surface area contributed by atoms with E-state index in [0.29, 0.717) is 17.1 Å². The van der Waals surface area contributed by atoms with Crippen LogP contribution in [-0.2, 0) is 5.41 Å². The van der Waals surface area contributed by atoms with Gasteiger partial charge in [-0.3, -0.25) is 4.98 Å². The topological polar surface area (TPSA) is 106 Å². The molecular formula is C29H24N6. The minimum absolute atomic E-state index is 0.235. The lowest BCUT2D eigenvalue weighted by molar-refractivity contribution is 0.730. The smallest absolute Gasteiger partial charge is 0.187 e. The second kappa shape index (κ2) is 7.68. The van der Waals surface area contributed by atoms with E-state index in [0.717, 1.165) is 55.9 Å². The zero-order valence-electron chi connectivity index (χ0n) is 20.1. The Labute approximate surface area is 204 Å². The van der Waals surface area contributed by atoms with Crippen molar-refractivity contribution in [2.45, 2.75) is 33.1 Å². The maximum atomic E-state index is 9.70. The molecule has 0 bridgehead atoms. The summed E-state index contributed by atoms with van der Waals surface area (Å²) in [4.78, 5) is 13.2. The predicted octanol–water partition coefficient (Wildman–Crippen LogP) is 5.66. The van der Waals surface area contributed by atoms with Crippen molar-refractivity contribution >= 4 is 17.1 Å². The van der Waals surface area contributed by atoms with E-state index in [4.69, 9.17) is 23.0 Å². The highest BCUT2D eigenvalue weighted by molar-refractivity contribution is 5.85. The van der Waals surface area contributed by atoms with Crippen LogP contribution in [0.2, 0.25) is 0 Å². The molecule has 1 aliphatic carbocycles. The van der Waals surface area contributed by atoms with E-state index in [2.05, 4.69) is 40.2 Å². The number of aryl methyl sites for hydroxylation is 4. The van der Waals surface area contributed by atoms with Crippen LogP contribution in [0.3, 0.4) is 0 Å². The fourth-order valence-corrected chi connectivity index (χ4v) is 5.28. The minimum Gasteiger partial charge on any atom is -0.398 e. The molecule has 1 heterocycles. The number of nitrogens with two attached hydrogens (primary N) is 2. The molecule has 35 heavy (non-hydrogen) atoms. The standard InChI is InChI=1S/C29H24N6/c1-15-8-19(9-16(2)25(15)31)29(20-10-17(3)26(32)18(4)11-20)24-12-21(33-5)6-7-23(24)27-28(29)35-22(13-30)14-34-27/h6-12,14H,31-32H2,1-4H3. The first-order valence-corrected chi connectivity index (χ1v) is 11.3. The third kappa shape index (κ3) is 3.01. The molecule has 6 heteroatoms. The Balaban J connectivity index is 2.05. The Bertz CT molecular complexity index is 1470. The quantitative estimate of drug-likeness (QED) is 0.263. The van der Waals surface area contributed by atoms with E-state index >= 15 is 0 Å². The molecule has 0 spiro atoms. The van der Waals surface area contributed by atoms with E-state index in [1.54, 1.807) is 6.07 Å². The van der Waals surface area contributed by atoms with E-state index < -0.39 is 5.41 Å². The highest BCUT2D eigenvalue weighted by atomic mass is 14.9. The van der Waals surface area contributed by atoms with Crippen molar-refractivity contribution in [1.82, 2.24) is 9.97 Å². The van der Waals surface area contributed by atoms with E-state index in [-0.39, 0.29) is 5.69 Å². The van der Waals surface area contributed by atoms with Crippen molar-refractivity contribution in [2.24, 2.45) is 0 Å². The van der Waals surface area contributed by atoms with Gasteiger partial charge >= 0.3 is 0 Å². The lowest BCUT2D eigenvalue weighted by Crippen LogP contribution is -2.31. The maximum Gasteiger partial charge on any atom is 0.187 e. The Hall–Kier alpha value is -4.68. The molecule has 3 aromatic carbocycles. The van der Waals surface area contributed by atoms with Gasteiger partial charge in [0.2, 0.25) is 0 Å². The van der Waals surface area contributed by atoms with Gasteiger partial charge in [0.05, 0.1) is 29.6 Å². The fraction of sp³-hybridized carbons (Fsp3) is 0.172. The van der Waals surface area contributed by atoms with E-state index in [9.17, 15) is 5.26 Å². The van der Waals surface area contributed by atoms with Crippen molar-refractivity contribution in [3.8, 4) is 17.3 Å². The number of nitriles is 1. The molecule has 0 aliphatic heterocycles. The van der Waals surface area contributed by atoms with Gasteiger partial charge in [0.1, 0.15) is 6.07 Å². The summed E-state index contributed by atoms with van der Waals surface area (Å²) in [6.07, 6.45) is 1.50. The zero-order valence-corrected chi connectivity index (χ0v) is 20.1. The lowest BCUT2D eigenvalue weighted by atomic mass is 9.68. The van der Waals surface area contributed by atoms with Crippen LogP contribution >= 0.6 is 0 Å². The highest BCUT2D eigenvalue weighted by Gasteiger charge is 2.49. The number of anilines is 2. The molecule has 4 N–H and O–H groups in total. The molecule has 0 radical (unpaired) electrons. The summed E-state index contributed by atoms with van der Waals surface area (Å²) >= 11 is 0. The van der Waals surface area contributed by atoms with E-state index in [1.807, 2.05) is 39.8 Å². The van der Waals surface area contributed by atoms with Gasteiger partial charge in [-0.1, -0.05) is 42.5 Å². The van der Waals surface area contributed by atoms with Gasteiger partial charge in [0.25, 0.3) is 0 Å². The van der Waals surface area contributed by atoms with Crippen LogP contribution in [0.5, 0.6) is 0 Å². The molecule has 1 aromatic heterocycles. The number of fused-ring (bicyclic) bond motifs is 3. The Morgan fingerprint density at radius 3 is 1.91 bits per heavy atom. The summed E-state index contributed by atoms with van der Waals surface area (Å²) in [7, 11) is 0. The largest absolute Gasteiger partial charge is 0.398 e. The second-order valence-corrected chi connectivity index (χ2v) is 9.20. The summed E-state index contributed by atoms with van der Waals surface area (Å²) in [6.45, 7) is 15.6. The number of benzene rings is 3. The van der Waals surface area contributed by atoms with Crippen molar-refractivity contribution in [3.63, 3.8) is 0 Å². The predicted molar refractivity (Wildman–Crippen MR) is 138 cm³/mol. The van der Waals surface area contributed by atoms with Crippen LogP contribution < -0.4 is 11.5 Å². The molecule has 0 saturated carbocycles. The number of aromatic nitrogens is 2. The highest BCUT2D eigenvalue weighted by Crippen LogP contribution is 2.56. The molecule has 5 rings (SSSR count). The van der Waals surface area contributed by atoms with Crippen LogP contribution in [0.25, 0.3) is 16.1 Å². The molecule has 4 aromatic rings. The van der Waals surface area contributed by atoms with Crippen LogP contribution in [0.15, 0.2) is 48.7 Å². The summed E-state index contributed by atoms with van der Waals surface area (Å²) in [5.41, 5.74) is 22.9. The van der Waals surface area contributed by atoms with Gasteiger partial charge in [-0.2, -0.15) is 5.26 Å². The Morgan fingerprint density at radius 1 is 0.886 bits per heavy atom. The summed E-state index contributed by atoms with van der Waals surface area (Å²) in [6, 6.07) is 16.1. The van der Waals surface area contributed by atoms with Gasteiger partial charge in [-0.15, -0.1) is 0 Å². The number of hydrogen-bond acceptors (Lipinski definition) is 5. The first kappa shape index (κ1) is 22.1. The molecular weight excluding hydrogens is 432 g/mol. The zero-order chi connectivity index (χ0) is 25.1. The van der Waals surface area contributed by atoms with E-state index in [1.165, 1.54) is 6.20 Å². The normalized spacial score (nSPS) is 13.0. The molecule has 0 amide bonds. The number of rotatable bonds is 2.